The number of benzene rings is 1. The van der Waals surface area contributed by atoms with E-state index in [9.17, 15) is 5.11 Å². The van der Waals surface area contributed by atoms with Gasteiger partial charge in [0.25, 0.3) is 0 Å². The van der Waals surface area contributed by atoms with E-state index in [0.29, 0.717) is 5.75 Å². The van der Waals surface area contributed by atoms with Crippen LogP contribution in [-0.4, -0.2) is 17.5 Å². The van der Waals surface area contributed by atoms with Crippen LogP contribution in [0.2, 0.25) is 0 Å². The Kier molecular flexibility index (Phi) is 3.17. The summed E-state index contributed by atoms with van der Waals surface area (Å²) in [4.78, 5) is 0. The third-order valence-electron chi connectivity index (χ3n) is 3.21. The molecule has 0 radical (unpaired) electrons. The molecule has 1 heterocycles. The molecular weight excluding hydrogens is 204 g/mol. The molecule has 1 aromatic carbocycles. The van der Waals surface area contributed by atoms with E-state index in [4.69, 9.17) is 9.47 Å². The third-order valence-corrected chi connectivity index (χ3v) is 3.21. The maximum absolute atomic E-state index is 9.83. The first-order valence-corrected chi connectivity index (χ1v) is 5.68. The highest BCUT2D eigenvalue weighted by Crippen LogP contribution is 2.38. The van der Waals surface area contributed by atoms with Crippen molar-refractivity contribution in [2.24, 2.45) is 5.92 Å². The molecule has 1 saturated heterocycles. The second-order valence-corrected chi connectivity index (χ2v) is 4.38. The van der Waals surface area contributed by atoms with Gasteiger partial charge in [-0.05, 0) is 19.9 Å². The largest absolute Gasteiger partial charge is 0.508 e. The second kappa shape index (κ2) is 4.44. The van der Waals surface area contributed by atoms with Gasteiger partial charge in [-0.2, -0.15) is 0 Å². The minimum Gasteiger partial charge on any atom is -0.508 e. The summed E-state index contributed by atoms with van der Waals surface area (Å²) in [6.45, 7) is 6.00. The second-order valence-electron chi connectivity index (χ2n) is 4.38. The smallest absolute Gasteiger partial charge is 0.156 e. The lowest BCUT2D eigenvalue weighted by atomic mass is 9.91. The van der Waals surface area contributed by atoms with Crippen molar-refractivity contribution in [3.8, 4) is 5.75 Å². The van der Waals surface area contributed by atoms with Crippen molar-refractivity contribution in [2.45, 2.75) is 39.3 Å². The summed E-state index contributed by atoms with van der Waals surface area (Å²) >= 11 is 0. The molecule has 1 N–H and O–H groups in total. The summed E-state index contributed by atoms with van der Waals surface area (Å²) in [6.07, 6.45) is -0.191. The number of ether oxygens (including phenoxy) is 2. The van der Waals surface area contributed by atoms with E-state index in [1.165, 1.54) is 0 Å². The predicted molar refractivity (Wildman–Crippen MR) is 61.1 cm³/mol. The molecule has 0 bridgehead atoms. The molecule has 88 valence electrons. The summed E-state index contributed by atoms with van der Waals surface area (Å²) in [6, 6.07) is 7.32. The average molecular weight is 222 g/mol. The fraction of sp³-hybridized carbons (Fsp3) is 0.538. The number of phenolic OH excluding ortho intramolecular Hbond substituents is 1. The van der Waals surface area contributed by atoms with Crippen molar-refractivity contribution in [3.05, 3.63) is 29.8 Å². The summed E-state index contributed by atoms with van der Waals surface area (Å²) in [5.74, 6) is 0.519. The molecule has 3 nitrogen and oxygen atoms in total. The van der Waals surface area contributed by atoms with Gasteiger partial charge in [0.2, 0.25) is 0 Å². The predicted octanol–water partition coefficient (Wildman–Crippen LogP) is 2.85. The van der Waals surface area contributed by atoms with Crippen LogP contribution < -0.4 is 0 Å². The van der Waals surface area contributed by atoms with Gasteiger partial charge in [0, 0.05) is 11.5 Å². The van der Waals surface area contributed by atoms with Crippen molar-refractivity contribution < 1.29 is 14.6 Å². The number of aromatic hydroxyl groups is 1. The van der Waals surface area contributed by atoms with E-state index >= 15 is 0 Å². The van der Waals surface area contributed by atoms with Crippen LogP contribution in [0.3, 0.4) is 0 Å². The Balaban J connectivity index is 2.29. The summed E-state index contributed by atoms with van der Waals surface area (Å²) in [5, 5.41) is 9.83. The van der Waals surface area contributed by atoms with E-state index in [1.54, 1.807) is 6.07 Å². The van der Waals surface area contributed by atoms with Crippen LogP contribution >= 0.6 is 0 Å². The first-order valence-electron chi connectivity index (χ1n) is 5.68. The molecule has 4 atom stereocenters. The van der Waals surface area contributed by atoms with Crippen LogP contribution in [0.1, 0.15) is 32.4 Å². The van der Waals surface area contributed by atoms with Gasteiger partial charge in [-0.25, -0.2) is 0 Å². The normalized spacial score (nSPS) is 34.9. The summed E-state index contributed by atoms with van der Waals surface area (Å²) < 4.78 is 11.3. The molecule has 1 aliphatic rings. The number of rotatable bonds is 1. The monoisotopic (exact) mass is 222 g/mol. The van der Waals surface area contributed by atoms with Gasteiger partial charge in [0.05, 0.1) is 12.2 Å². The number of hydrogen-bond donors (Lipinski definition) is 1. The van der Waals surface area contributed by atoms with Crippen molar-refractivity contribution in [2.75, 3.05) is 0 Å². The van der Waals surface area contributed by atoms with Gasteiger partial charge in [0.1, 0.15) is 5.75 Å². The van der Waals surface area contributed by atoms with E-state index in [1.807, 2.05) is 32.0 Å². The van der Waals surface area contributed by atoms with Crippen LogP contribution in [-0.2, 0) is 9.47 Å². The molecule has 0 aromatic heterocycles. The first kappa shape index (κ1) is 11.4. The molecule has 0 unspecified atom stereocenters. The Morgan fingerprint density at radius 2 is 1.75 bits per heavy atom. The number of phenols is 1. The molecule has 16 heavy (non-hydrogen) atoms. The number of hydrogen-bond acceptors (Lipinski definition) is 3. The maximum atomic E-state index is 9.83. The van der Waals surface area contributed by atoms with Gasteiger partial charge in [0.15, 0.2) is 6.29 Å². The molecule has 1 fully saturated rings. The third kappa shape index (κ3) is 2.06. The zero-order chi connectivity index (χ0) is 11.7. The van der Waals surface area contributed by atoms with Crippen LogP contribution in [0.15, 0.2) is 24.3 Å². The number of para-hydroxylation sites is 1. The molecule has 1 aliphatic heterocycles. The zero-order valence-electron chi connectivity index (χ0n) is 9.88. The van der Waals surface area contributed by atoms with Crippen LogP contribution in [0, 0.1) is 5.92 Å². The zero-order valence-corrected chi connectivity index (χ0v) is 9.88. The Morgan fingerprint density at radius 3 is 2.44 bits per heavy atom. The van der Waals surface area contributed by atoms with Crippen molar-refractivity contribution in [3.63, 3.8) is 0 Å². The fourth-order valence-corrected chi connectivity index (χ4v) is 2.12. The highest BCUT2D eigenvalue weighted by Gasteiger charge is 2.34. The molecular formula is C13H18O3. The van der Waals surface area contributed by atoms with Gasteiger partial charge in [-0.15, -0.1) is 0 Å². The van der Waals surface area contributed by atoms with Crippen LogP contribution in [0.5, 0.6) is 5.75 Å². The Morgan fingerprint density at radius 1 is 1.06 bits per heavy atom. The van der Waals surface area contributed by atoms with Gasteiger partial charge < -0.3 is 14.6 Å². The van der Waals surface area contributed by atoms with Gasteiger partial charge >= 0.3 is 0 Å². The summed E-state index contributed by atoms with van der Waals surface area (Å²) in [7, 11) is 0. The highest BCUT2D eigenvalue weighted by molar-refractivity contribution is 5.34. The SMILES string of the molecule is C[C@@H]1O[C@@H](C)[C@H](C)[C@H](c2ccccc2O)O1. The Bertz CT molecular complexity index is 364. The topological polar surface area (TPSA) is 38.7 Å². The Hall–Kier alpha value is -1.06. The van der Waals surface area contributed by atoms with Crippen LogP contribution in [0.4, 0.5) is 0 Å². The fourth-order valence-electron chi connectivity index (χ4n) is 2.12. The lowest BCUT2D eigenvalue weighted by Crippen LogP contribution is -2.37. The lowest BCUT2D eigenvalue weighted by Gasteiger charge is -2.38. The van der Waals surface area contributed by atoms with Gasteiger partial charge in [-0.3, -0.25) is 0 Å². The lowest BCUT2D eigenvalue weighted by molar-refractivity contribution is -0.256. The average Bonchev–Trinajstić information content (AvgIpc) is 2.24. The summed E-state index contributed by atoms with van der Waals surface area (Å²) in [5.41, 5.74) is 0.844. The maximum Gasteiger partial charge on any atom is 0.156 e. The first-order chi connectivity index (χ1) is 7.59. The minimum atomic E-state index is -0.226. The standard InChI is InChI=1S/C13H18O3/c1-8-9(2)15-10(3)16-13(8)11-6-4-5-7-12(11)14/h4-10,13-14H,1-3H3/t8-,9-,10+,13+/m0/s1. The van der Waals surface area contributed by atoms with Crippen LogP contribution in [0.25, 0.3) is 0 Å². The quantitative estimate of drug-likeness (QED) is 0.794. The van der Waals surface area contributed by atoms with Crippen molar-refractivity contribution in [1.29, 1.82) is 0 Å². The van der Waals surface area contributed by atoms with E-state index in [-0.39, 0.29) is 24.4 Å². The molecule has 2 rings (SSSR count). The molecule has 0 spiro atoms. The molecule has 0 amide bonds. The molecule has 3 heteroatoms. The minimum absolute atomic E-state index is 0.0973. The van der Waals surface area contributed by atoms with Crippen molar-refractivity contribution >= 4 is 0 Å². The molecule has 0 aliphatic carbocycles. The van der Waals surface area contributed by atoms with E-state index < -0.39 is 0 Å². The highest BCUT2D eigenvalue weighted by atomic mass is 16.7. The van der Waals surface area contributed by atoms with E-state index in [2.05, 4.69) is 6.92 Å². The van der Waals surface area contributed by atoms with Gasteiger partial charge in [-0.1, -0.05) is 25.1 Å². The van der Waals surface area contributed by atoms with E-state index in [0.717, 1.165) is 5.56 Å². The molecule has 0 saturated carbocycles. The molecule has 1 aromatic rings. The van der Waals surface area contributed by atoms with Crippen molar-refractivity contribution in [1.82, 2.24) is 0 Å². The Labute approximate surface area is 96.0 Å².